The predicted molar refractivity (Wildman–Crippen MR) is 56.0 cm³/mol. The predicted octanol–water partition coefficient (Wildman–Crippen LogP) is 1.42. The van der Waals surface area contributed by atoms with Gasteiger partial charge in [-0.05, 0) is 6.92 Å². The fourth-order valence-corrected chi connectivity index (χ4v) is 2.11. The van der Waals surface area contributed by atoms with Gasteiger partial charge in [0, 0.05) is 6.20 Å². The summed E-state index contributed by atoms with van der Waals surface area (Å²) in [6.45, 7) is 1.60. The van der Waals surface area contributed by atoms with E-state index in [2.05, 4.69) is 4.98 Å². The van der Waals surface area contributed by atoms with Crippen LogP contribution in [0.25, 0.3) is 4.96 Å². The first-order valence-electron chi connectivity index (χ1n) is 3.92. The lowest BCUT2D eigenvalue weighted by Crippen LogP contribution is -2.14. The third kappa shape index (κ3) is 1.51. The average molecular weight is 245 g/mol. The van der Waals surface area contributed by atoms with E-state index in [1.54, 1.807) is 6.92 Å². The van der Waals surface area contributed by atoms with Crippen LogP contribution in [0.4, 0.5) is 0 Å². The Hall–Kier alpha value is -1.40. The monoisotopic (exact) mass is 244 g/mol. The Balaban J connectivity index is 2.88. The summed E-state index contributed by atoms with van der Waals surface area (Å²) in [6, 6.07) is 0. The summed E-state index contributed by atoms with van der Waals surface area (Å²) in [7, 11) is 0. The molecule has 78 valence electrons. The molecule has 0 amide bonds. The minimum atomic E-state index is -1.08. The van der Waals surface area contributed by atoms with Crippen LogP contribution in [0.2, 0.25) is 5.02 Å². The SMILES string of the molecule is Cc1nc2sc(C(=O)O)cn2c(=O)c1Cl. The standard InChI is InChI=1S/C8H5ClN2O3S/c1-3-5(9)6(12)11-2-4(7(13)14)15-8(11)10-3/h2H,1H3,(H,13,14). The first-order chi connectivity index (χ1) is 7.00. The molecule has 0 fully saturated rings. The van der Waals surface area contributed by atoms with Crippen LogP contribution in [0.3, 0.4) is 0 Å². The van der Waals surface area contributed by atoms with Gasteiger partial charge in [0.05, 0.1) is 5.69 Å². The maximum atomic E-state index is 11.6. The third-order valence-corrected chi connectivity index (χ3v) is 3.26. The number of thiazole rings is 1. The van der Waals surface area contributed by atoms with Crippen molar-refractivity contribution in [3.8, 4) is 0 Å². The maximum Gasteiger partial charge on any atom is 0.347 e. The van der Waals surface area contributed by atoms with Gasteiger partial charge in [-0.1, -0.05) is 22.9 Å². The molecule has 2 heterocycles. The zero-order valence-electron chi connectivity index (χ0n) is 7.52. The van der Waals surface area contributed by atoms with Gasteiger partial charge in [-0.25, -0.2) is 9.78 Å². The molecule has 0 atom stereocenters. The van der Waals surface area contributed by atoms with Crippen LogP contribution in [-0.2, 0) is 0 Å². The van der Waals surface area contributed by atoms with Gasteiger partial charge in [-0.3, -0.25) is 9.20 Å². The number of carbonyl (C=O) groups is 1. The Bertz CT molecular complexity index is 616. The van der Waals surface area contributed by atoms with Gasteiger partial charge in [0.15, 0.2) is 4.96 Å². The third-order valence-electron chi connectivity index (χ3n) is 1.85. The molecular formula is C8H5ClN2O3S. The molecule has 0 aliphatic carbocycles. The zero-order chi connectivity index (χ0) is 11.2. The van der Waals surface area contributed by atoms with Crippen LogP contribution in [-0.4, -0.2) is 20.5 Å². The number of aromatic carboxylic acids is 1. The molecule has 0 aromatic carbocycles. The number of rotatable bonds is 1. The van der Waals surface area contributed by atoms with Crippen LogP contribution in [0.5, 0.6) is 0 Å². The van der Waals surface area contributed by atoms with E-state index in [9.17, 15) is 9.59 Å². The summed E-state index contributed by atoms with van der Waals surface area (Å²) in [5, 5.41) is 8.77. The lowest BCUT2D eigenvalue weighted by atomic mass is 10.4. The average Bonchev–Trinajstić information content (AvgIpc) is 2.58. The van der Waals surface area contributed by atoms with E-state index in [1.165, 1.54) is 6.20 Å². The summed E-state index contributed by atoms with van der Waals surface area (Å²) in [6.07, 6.45) is 1.23. The Morgan fingerprint density at radius 3 is 2.93 bits per heavy atom. The molecule has 0 bridgehead atoms. The van der Waals surface area contributed by atoms with Crippen LogP contribution in [0.15, 0.2) is 11.0 Å². The van der Waals surface area contributed by atoms with E-state index < -0.39 is 11.5 Å². The fraction of sp³-hybridized carbons (Fsp3) is 0.125. The van der Waals surface area contributed by atoms with E-state index in [-0.39, 0.29) is 9.90 Å². The number of carboxylic acid groups (broad SMARTS) is 1. The molecule has 0 aliphatic rings. The van der Waals surface area contributed by atoms with Crippen molar-refractivity contribution in [2.45, 2.75) is 6.92 Å². The summed E-state index contributed by atoms with van der Waals surface area (Å²) >= 11 is 6.64. The van der Waals surface area contributed by atoms with Crippen LogP contribution in [0, 0.1) is 6.92 Å². The minimum Gasteiger partial charge on any atom is -0.477 e. The van der Waals surface area contributed by atoms with Crippen molar-refractivity contribution in [2.24, 2.45) is 0 Å². The Morgan fingerprint density at radius 1 is 1.67 bits per heavy atom. The van der Waals surface area contributed by atoms with E-state index in [4.69, 9.17) is 16.7 Å². The number of hydrogen-bond acceptors (Lipinski definition) is 4. The zero-order valence-corrected chi connectivity index (χ0v) is 9.09. The molecule has 0 radical (unpaired) electrons. The largest absolute Gasteiger partial charge is 0.477 e. The van der Waals surface area contributed by atoms with Crippen molar-refractivity contribution in [1.82, 2.24) is 9.38 Å². The van der Waals surface area contributed by atoms with Gasteiger partial charge >= 0.3 is 5.97 Å². The maximum absolute atomic E-state index is 11.6. The molecule has 7 heteroatoms. The molecule has 5 nitrogen and oxygen atoms in total. The van der Waals surface area contributed by atoms with Gasteiger partial charge < -0.3 is 5.11 Å². The van der Waals surface area contributed by atoms with Crippen LogP contribution >= 0.6 is 22.9 Å². The fourth-order valence-electron chi connectivity index (χ4n) is 1.12. The topological polar surface area (TPSA) is 71.7 Å². The number of fused-ring (bicyclic) bond motifs is 1. The number of nitrogens with zero attached hydrogens (tertiary/aromatic N) is 2. The molecule has 15 heavy (non-hydrogen) atoms. The number of aromatic nitrogens is 2. The van der Waals surface area contributed by atoms with Crippen molar-refractivity contribution in [2.75, 3.05) is 0 Å². The molecule has 0 aliphatic heterocycles. The summed E-state index contributed by atoms with van der Waals surface area (Å²) in [5.74, 6) is -1.08. The van der Waals surface area contributed by atoms with Gasteiger partial charge in [-0.15, -0.1) is 0 Å². The molecule has 0 unspecified atom stereocenters. The van der Waals surface area contributed by atoms with Crippen molar-refractivity contribution in [1.29, 1.82) is 0 Å². The van der Waals surface area contributed by atoms with Gasteiger partial charge in [0.2, 0.25) is 0 Å². The molecule has 1 N–H and O–H groups in total. The smallest absolute Gasteiger partial charge is 0.347 e. The van der Waals surface area contributed by atoms with Crippen molar-refractivity contribution in [3.63, 3.8) is 0 Å². The molecule has 2 aromatic heterocycles. The highest BCUT2D eigenvalue weighted by Crippen LogP contribution is 2.17. The highest BCUT2D eigenvalue weighted by Gasteiger charge is 2.13. The van der Waals surface area contributed by atoms with E-state index in [1.807, 2.05) is 0 Å². The van der Waals surface area contributed by atoms with Crippen molar-refractivity contribution >= 4 is 33.9 Å². The Labute approximate surface area is 92.6 Å². The number of halogens is 1. The molecular weight excluding hydrogens is 240 g/mol. The molecule has 2 rings (SSSR count). The highest BCUT2D eigenvalue weighted by atomic mass is 35.5. The van der Waals surface area contributed by atoms with Crippen LogP contribution < -0.4 is 5.56 Å². The van der Waals surface area contributed by atoms with Gasteiger partial charge in [-0.2, -0.15) is 0 Å². The van der Waals surface area contributed by atoms with E-state index in [0.29, 0.717) is 10.7 Å². The second kappa shape index (κ2) is 3.32. The Kier molecular flexibility index (Phi) is 2.24. The molecule has 0 spiro atoms. The lowest BCUT2D eigenvalue weighted by molar-refractivity contribution is 0.0702. The first-order valence-corrected chi connectivity index (χ1v) is 5.11. The first kappa shape index (κ1) is 10.1. The quantitative estimate of drug-likeness (QED) is 0.823. The molecule has 2 aromatic rings. The second-order valence-corrected chi connectivity index (χ2v) is 4.26. The number of aryl methyl sites for hydroxylation is 1. The van der Waals surface area contributed by atoms with E-state index in [0.717, 1.165) is 15.7 Å². The minimum absolute atomic E-state index is 0.0160. The summed E-state index contributed by atoms with van der Waals surface area (Å²) in [4.78, 5) is 26.7. The normalized spacial score (nSPS) is 10.8. The highest BCUT2D eigenvalue weighted by molar-refractivity contribution is 7.18. The lowest BCUT2D eigenvalue weighted by Gasteiger charge is -1.95. The summed E-state index contributed by atoms with van der Waals surface area (Å²) < 4.78 is 1.14. The van der Waals surface area contributed by atoms with Crippen LogP contribution in [0.1, 0.15) is 15.4 Å². The molecule has 0 saturated carbocycles. The van der Waals surface area contributed by atoms with Gasteiger partial charge in [0.25, 0.3) is 5.56 Å². The van der Waals surface area contributed by atoms with Crippen molar-refractivity contribution < 1.29 is 9.90 Å². The summed E-state index contributed by atoms with van der Waals surface area (Å²) in [5.41, 5.74) is -0.0385. The van der Waals surface area contributed by atoms with Gasteiger partial charge in [0.1, 0.15) is 9.90 Å². The van der Waals surface area contributed by atoms with Crippen molar-refractivity contribution in [3.05, 3.63) is 32.1 Å². The number of hydrogen-bond donors (Lipinski definition) is 1. The number of carboxylic acids is 1. The molecule has 0 saturated heterocycles. The Morgan fingerprint density at radius 2 is 2.33 bits per heavy atom. The second-order valence-electron chi connectivity index (χ2n) is 2.87. The van der Waals surface area contributed by atoms with E-state index >= 15 is 0 Å².